The lowest BCUT2D eigenvalue weighted by Gasteiger charge is -2.23. The average molecular weight is 450 g/mol. The van der Waals surface area contributed by atoms with Crippen LogP contribution in [0.4, 0.5) is 5.82 Å². The van der Waals surface area contributed by atoms with Crippen molar-refractivity contribution >= 4 is 22.8 Å². The van der Waals surface area contributed by atoms with Crippen molar-refractivity contribution in [1.29, 1.82) is 0 Å². The lowest BCUT2D eigenvalue weighted by molar-refractivity contribution is -0.132. The van der Waals surface area contributed by atoms with Gasteiger partial charge < -0.3 is 19.7 Å². The van der Waals surface area contributed by atoms with Gasteiger partial charge in [0.05, 0.1) is 5.39 Å². The third-order valence-corrected chi connectivity index (χ3v) is 6.72. The summed E-state index contributed by atoms with van der Waals surface area (Å²) in [5.41, 5.74) is 3.87. The van der Waals surface area contributed by atoms with Gasteiger partial charge in [0.25, 0.3) is 5.91 Å². The minimum absolute atomic E-state index is 0.0192. The molecule has 0 radical (unpaired) electrons. The molecule has 1 atom stereocenters. The van der Waals surface area contributed by atoms with Crippen LogP contribution in [0.2, 0.25) is 0 Å². The highest BCUT2D eigenvalue weighted by Crippen LogP contribution is 2.29. The Hall–Kier alpha value is -3.13. The fourth-order valence-electron chi connectivity index (χ4n) is 4.77. The number of H-pyrrole nitrogens is 1. The van der Waals surface area contributed by atoms with Gasteiger partial charge in [0.2, 0.25) is 0 Å². The van der Waals surface area contributed by atoms with Crippen LogP contribution in [0.5, 0.6) is 5.75 Å². The molecule has 2 fully saturated rings. The molecule has 2 aliphatic rings. The van der Waals surface area contributed by atoms with E-state index >= 15 is 0 Å². The first-order chi connectivity index (χ1) is 16.1. The topological polar surface area (TPSA) is 92.4 Å². The Morgan fingerprint density at radius 3 is 2.76 bits per heavy atom. The van der Waals surface area contributed by atoms with Crippen molar-refractivity contribution in [2.24, 2.45) is 0 Å². The van der Waals surface area contributed by atoms with E-state index in [2.05, 4.69) is 27.6 Å². The number of aromatic amines is 1. The van der Waals surface area contributed by atoms with Gasteiger partial charge in [-0.3, -0.25) is 9.89 Å². The largest absolute Gasteiger partial charge is 0.483 e. The molecule has 0 bridgehead atoms. The second-order valence-corrected chi connectivity index (χ2v) is 9.07. The molecule has 1 aromatic carbocycles. The van der Waals surface area contributed by atoms with E-state index in [-0.39, 0.29) is 18.4 Å². The Morgan fingerprint density at radius 1 is 1.18 bits per heavy atom. The Labute approximate surface area is 193 Å². The van der Waals surface area contributed by atoms with Crippen LogP contribution in [0.1, 0.15) is 42.0 Å². The summed E-state index contributed by atoms with van der Waals surface area (Å²) >= 11 is 0. The van der Waals surface area contributed by atoms with Crippen LogP contribution >= 0.6 is 0 Å². The van der Waals surface area contributed by atoms with Gasteiger partial charge in [0, 0.05) is 44.0 Å². The predicted octanol–water partition coefficient (Wildman–Crippen LogP) is 3.56. The summed E-state index contributed by atoms with van der Waals surface area (Å²) in [7, 11) is 0. The second-order valence-electron chi connectivity index (χ2n) is 9.07. The number of nitrogens with zero attached hydrogens (tertiary/aromatic N) is 3. The molecule has 2 aromatic heterocycles. The first-order valence-corrected chi connectivity index (χ1v) is 11.7. The fraction of sp³-hybridized carbons (Fsp3) is 0.480. The minimum Gasteiger partial charge on any atom is -0.483 e. The normalized spacial score (nSPS) is 19.2. The molecule has 8 nitrogen and oxygen atoms in total. The Morgan fingerprint density at radius 2 is 1.97 bits per heavy atom. The number of aryl methyl sites for hydroxylation is 2. The summed E-state index contributed by atoms with van der Waals surface area (Å²) < 4.78 is 11.3. The highest BCUT2D eigenvalue weighted by molar-refractivity contribution is 5.87. The fourth-order valence-corrected chi connectivity index (χ4v) is 4.77. The monoisotopic (exact) mass is 449 g/mol. The lowest BCUT2D eigenvalue weighted by atomic mass is 10.0. The Kier molecular flexibility index (Phi) is 6.17. The van der Waals surface area contributed by atoms with Crippen molar-refractivity contribution in [3.8, 4) is 5.75 Å². The number of pyridine rings is 1. The number of fused-ring (bicyclic) bond motifs is 1. The zero-order valence-corrected chi connectivity index (χ0v) is 19.3. The first kappa shape index (κ1) is 21.7. The molecule has 0 unspecified atom stereocenters. The number of anilines is 1. The third kappa shape index (κ3) is 4.66. The smallest absolute Gasteiger partial charge is 0.260 e. The van der Waals surface area contributed by atoms with Crippen LogP contribution < -0.4 is 10.1 Å². The van der Waals surface area contributed by atoms with Crippen molar-refractivity contribution in [3.05, 3.63) is 47.2 Å². The first-order valence-electron chi connectivity index (χ1n) is 11.7. The summed E-state index contributed by atoms with van der Waals surface area (Å²) in [5, 5.41) is 12.0. The van der Waals surface area contributed by atoms with Crippen LogP contribution in [-0.2, 0) is 9.53 Å². The molecule has 0 saturated carbocycles. The summed E-state index contributed by atoms with van der Waals surface area (Å²) in [6.07, 6.45) is 2.87. The molecule has 2 saturated heterocycles. The molecule has 2 N–H and O–H groups in total. The third-order valence-electron chi connectivity index (χ3n) is 6.72. The van der Waals surface area contributed by atoms with E-state index in [1.165, 1.54) is 0 Å². The summed E-state index contributed by atoms with van der Waals surface area (Å²) in [5.74, 6) is 1.89. The maximum absolute atomic E-state index is 12.8. The molecule has 33 heavy (non-hydrogen) atoms. The number of carbonyl (C=O) groups is 1. The Bertz CT molecular complexity index is 1120. The highest BCUT2D eigenvalue weighted by Gasteiger charge is 2.29. The maximum atomic E-state index is 12.8. The summed E-state index contributed by atoms with van der Waals surface area (Å²) in [6, 6.07) is 10.5. The number of amides is 1. The lowest BCUT2D eigenvalue weighted by Crippen LogP contribution is -2.33. The highest BCUT2D eigenvalue weighted by atomic mass is 16.5. The number of hydrogen-bond acceptors (Lipinski definition) is 6. The van der Waals surface area contributed by atoms with Gasteiger partial charge in [-0.15, -0.1) is 0 Å². The van der Waals surface area contributed by atoms with E-state index < -0.39 is 0 Å². The molecule has 5 rings (SSSR count). The summed E-state index contributed by atoms with van der Waals surface area (Å²) in [6.45, 7) is 7.02. The van der Waals surface area contributed by atoms with Crippen LogP contribution in [-0.4, -0.2) is 64.9 Å². The van der Waals surface area contributed by atoms with Crippen LogP contribution in [0.15, 0.2) is 30.3 Å². The number of likely N-dealkylation sites (tertiary alicyclic amines) is 1. The SMILES string of the molecule is Cc1cccc(C)c1OCC(=O)N1CC[C@@H](c2ccc3c(NC4CCOCC4)n[nH]c3n2)C1. The standard InChI is InChI=1S/C25H31N5O3/c1-16-4-3-5-17(2)23(16)33-15-22(31)30-11-8-18(14-30)21-7-6-20-24(28-29-25(20)27-21)26-19-9-12-32-13-10-19/h3-7,18-19H,8-15H2,1-2H3,(H2,26,27,28,29)/t18-/m1/s1. The minimum atomic E-state index is 0.0192. The molecular formula is C25H31N5O3. The molecule has 174 valence electrons. The van der Waals surface area contributed by atoms with Gasteiger partial charge >= 0.3 is 0 Å². The van der Waals surface area contributed by atoms with E-state index in [1.807, 2.05) is 36.9 Å². The molecule has 2 aliphatic heterocycles. The zero-order chi connectivity index (χ0) is 22.8. The zero-order valence-electron chi connectivity index (χ0n) is 19.3. The number of para-hydroxylation sites is 1. The van der Waals surface area contributed by atoms with E-state index in [4.69, 9.17) is 14.5 Å². The van der Waals surface area contributed by atoms with Gasteiger partial charge in [0.1, 0.15) is 5.75 Å². The number of nitrogens with one attached hydrogen (secondary N) is 2. The molecule has 8 heteroatoms. The molecule has 0 aliphatic carbocycles. The van der Waals surface area contributed by atoms with Gasteiger partial charge in [-0.2, -0.15) is 5.10 Å². The summed E-state index contributed by atoms with van der Waals surface area (Å²) in [4.78, 5) is 19.5. The van der Waals surface area contributed by atoms with Crippen LogP contribution in [0.3, 0.4) is 0 Å². The molecular weight excluding hydrogens is 418 g/mol. The number of rotatable bonds is 6. The predicted molar refractivity (Wildman–Crippen MR) is 127 cm³/mol. The number of hydrogen-bond donors (Lipinski definition) is 2. The molecule has 4 heterocycles. The van der Waals surface area contributed by atoms with Crippen molar-refractivity contribution in [3.63, 3.8) is 0 Å². The van der Waals surface area contributed by atoms with Gasteiger partial charge in [-0.25, -0.2) is 4.98 Å². The van der Waals surface area contributed by atoms with Gasteiger partial charge in [0.15, 0.2) is 18.1 Å². The van der Waals surface area contributed by atoms with E-state index in [1.54, 1.807) is 0 Å². The van der Waals surface area contributed by atoms with Crippen molar-refractivity contribution in [1.82, 2.24) is 20.1 Å². The van der Waals surface area contributed by atoms with Crippen LogP contribution in [0.25, 0.3) is 11.0 Å². The average Bonchev–Trinajstić information content (AvgIpc) is 3.47. The van der Waals surface area contributed by atoms with Gasteiger partial charge in [-0.1, -0.05) is 18.2 Å². The number of ether oxygens (including phenoxy) is 2. The van der Waals surface area contributed by atoms with Crippen molar-refractivity contribution < 1.29 is 14.3 Å². The number of carbonyl (C=O) groups excluding carboxylic acids is 1. The number of benzene rings is 1. The quantitative estimate of drug-likeness (QED) is 0.598. The Balaban J connectivity index is 1.20. The molecule has 3 aromatic rings. The number of aromatic nitrogens is 3. The van der Waals surface area contributed by atoms with E-state index in [9.17, 15) is 4.79 Å². The van der Waals surface area contributed by atoms with Crippen molar-refractivity contribution in [2.45, 2.75) is 45.1 Å². The second kappa shape index (κ2) is 9.39. The van der Waals surface area contributed by atoms with E-state index in [0.717, 1.165) is 78.4 Å². The molecule has 1 amide bonds. The van der Waals surface area contributed by atoms with Gasteiger partial charge in [-0.05, 0) is 56.4 Å². The van der Waals surface area contributed by atoms with E-state index in [0.29, 0.717) is 12.6 Å². The van der Waals surface area contributed by atoms with Crippen molar-refractivity contribution in [2.75, 3.05) is 38.2 Å². The maximum Gasteiger partial charge on any atom is 0.260 e. The van der Waals surface area contributed by atoms with Crippen LogP contribution in [0, 0.1) is 13.8 Å². The molecule has 0 spiro atoms.